The van der Waals surface area contributed by atoms with Gasteiger partial charge in [0, 0.05) is 23.3 Å². The lowest BCUT2D eigenvalue weighted by Gasteiger charge is -2.01. The maximum atomic E-state index is 4.12. The number of nitrogens with zero attached hydrogens (tertiary/aromatic N) is 2. The number of hydrogen-bond acceptors (Lipinski definition) is 1. The summed E-state index contributed by atoms with van der Waals surface area (Å²) in [5.74, 6) is 0. The van der Waals surface area contributed by atoms with Crippen molar-refractivity contribution in [2.75, 3.05) is 0 Å². The zero-order chi connectivity index (χ0) is 9.26. The molecule has 3 heteroatoms. The Hall–Kier alpha value is -1.09. The van der Waals surface area contributed by atoms with E-state index in [1.807, 2.05) is 29.9 Å². The third-order valence-electron chi connectivity index (χ3n) is 1.94. The Kier molecular flexibility index (Phi) is 2.19. The first-order chi connectivity index (χ1) is 6.27. The Morgan fingerprint density at radius 2 is 2.15 bits per heavy atom. The molecule has 0 aliphatic rings. The summed E-state index contributed by atoms with van der Waals surface area (Å²) in [5.41, 5.74) is 2.30. The van der Waals surface area contributed by atoms with Crippen LogP contribution in [0.1, 0.15) is 0 Å². The van der Waals surface area contributed by atoms with Crippen molar-refractivity contribution in [3.05, 3.63) is 41.0 Å². The first-order valence-corrected chi connectivity index (χ1v) is 4.80. The van der Waals surface area contributed by atoms with Crippen LogP contribution < -0.4 is 0 Å². The number of aryl methyl sites for hydroxylation is 1. The van der Waals surface area contributed by atoms with Crippen molar-refractivity contribution >= 4 is 15.9 Å². The fraction of sp³-hybridized carbons (Fsp3) is 0.100. The molecule has 0 amide bonds. The average molecular weight is 237 g/mol. The highest BCUT2D eigenvalue weighted by atomic mass is 79.9. The summed E-state index contributed by atoms with van der Waals surface area (Å²) in [5, 5.41) is 4.12. The number of halogens is 1. The monoisotopic (exact) mass is 236 g/mol. The van der Waals surface area contributed by atoms with E-state index in [2.05, 4.69) is 33.2 Å². The second-order valence-electron chi connectivity index (χ2n) is 2.85. The van der Waals surface area contributed by atoms with E-state index in [1.54, 1.807) is 6.20 Å². The number of aromatic nitrogens is 2. The molecule has 0 aliphatic heterocycles. The highest BCUT2D eigenvalue weighted by Crippen LogP contribution is 2.21. The van der Waals surface area contributed by atoms with E-state index in [1.165, 1.54) is 5.56 Å². The van der Waals surface area contributed by atoms with E-state index in [4.69, 9.17) is 0 Å². The summed E-state index contributed by atoms with van der Waals surface area (Å²) in [6.07, 6.45) is 1.80. The van der Waals surface area contributed by atoms with E-state index in [9.17, 15) is 0 Å². The molecule has 2 nitrogen and oxygen atoms in total. The molecule has 0 saturated heterocycles. The van der Waals surface area contributed by atoms with Gasteiger partial charge in [0.2, 0.25) is 0 Å². The predicted octanol–water partition coefficient (Wildman–Crippen LogP) is 2.85. The Bertz CT molecular complexity index is 420. The Labute approximate surface area is 85.3 Å². The zero-order valence-electron chi connectivity index (χ0n) is 7.24. The third-order valence-corrected chi connectivity index (χ3v) is 2.43. The van der Waals surface area contributed by atoms with Gasteiger partial charge >= 0.3 is 0 Å². The lowest BCUT2D eigenvalue weighted by molar-refractivity contribution is 0.776. The van der Waals surface area contributed by atoms with Crippen LogP contribution in [0.25, 0.3) is 11.3 Å². The van der Waals surface area contributed by atoms with Crippen LogP contribution >= 0.6 is 15.9 Å². The van der Waals surface area contributed by atoms with E-state index < -0.39 is 0 Å². The van der Waals surface area contributed by atoms with Crippen LogP contribution in [0.15, 0.2) is 41.0 Å². The van der Waals surface area contributed by atoms with Crippen LogP contribution in [-0.4, -0.2) is 9.78 Å². The summed E-state index contributed by atoms with van der Waals surface area (Å²) >= 11 is 3.44. The summed E-state index contributed by atoms with van der Waals surface area (Å²) < 4.78 is 2.95. The highest BCUT2D eigenvalue weighted by Gasteiger charge is 2.01. The zero-order valence-corrected chi connectivity index (χ0v) is 8.82. The minimum Gasteiger partial charge on any atom is -0.268 e. The molecule has 0 bridgehead atoms. The van der Waals surface area contributed by atoms with E-state index >= 15 is 0 Å². The quantitative estimate of drug-likeness (QED) is 0.745. The molecule has 2 rings (SSSR count). The molecule has 1 heterocycles. The van der Waals surface area contributed by atoms with Crippen molar-refractivity contribution in [3.63, 3.8) is 0 Å². The van der Waals surface area contributed by atoms with Crippen LogP contribution in [0, 0.1) is 0 Å². The third kappa shape index (κ3) is 1.65. The topological polar surface area (TPSA) is 17.8 Å². The molecule has 0 saturated carbocycles. The van der Waals surface area contributed by atoms with Crippen LogP contribution in [0.2, 0.25) is 0 Å². The number of hydrogen-bond donors (Lipinski definition) is 0. The molecule has 0 spiro atoms. The van der Waals surface area contributed by atoms with Gasteiger partial charge in [-0.15, -0.1) is 0 Å². The van der Waals surface area contributed by atoms with Gasteiger partial charge in [0.15, 0.2) is 0 Å². The van der Waals surface area contributed by atoms with Crippen LogP contribution in [-0.2, 0) is 7.05 Å². The van der Waals surface area contributed by atoms with Crippen LogP contribution in [0.5, 0.6) is 0 Å². The first kappa shape index (κ1) is 8.51. The molecule has 1 aromatic heterocycles. The van der Waals surface area contributed by atoms with Crippen LogP contribution in [0.4, 0.5) is 0 Å². The van der Waals surface area contributed by atoms with Crippen molar-refractivity contribution in [2.24, 2.45) is 7.05 Å². The van der Waals surface area contributed by atoms with Gasteiger partial charge in [-0.1, -0.05) is 28.1 Å². The molecule has 0 radical (unpaired) electrons. The van der Waals surface area contributed by atoms with Gasteiger partial charge in [0.1, 0.15) is 0 Å². The molecule has 1 aromatic carbocycles. The molecule has 0 unspecified atom stereocenters. The van der Waals surface area contributed by atoms with Crippen molar-refractivity contribution in [1.29, 1.82) is 0 Å². The van der Waals surface area contributed by atoms with Gasteiger partial charge in [-0.2, -0.15) is 5.10 Å². The molecule has 0 atom stereocenters. The maximum absolute atomic E-state index is 4.12. The fourth-order valence-electron chi connectivity index (χ4n) is 1.30. The predicted molar refractivity (Wildman–Crippen MR) is 56.3 cm³/mol. The largest absolute Gasteiger partial charge is 0.268 e. The summed E-state index contributed by atoms with van der Waals surface area (Å²) in [6, 6.07) is 10.2. The van der Waals surface area contributed by atoms with Crippen molar-refractivity contribution in [3.8, 4) is 11.3 Å². The van der Waals surface area contributed by atoms with Crippen LogP contribution in [0.3, 0.4) is 0 Å². The Morgan fingerprint density at radius 1 is 1.31 bits per heavy atom. The maximum Gasteiger partial charge on any atom is 0.0679 e. The molecule has 0 N–H and O–H groups in total. The molecular formula is C10H9BrN2. The standard InChI is InChI=1S/C10H9BrN2/c1-13-10(5-6-12-13)8-3-2-4-9(11)7-8/h2-7H,1H3. The van der Waals surface area contributed by atoms with E-state index in [0.717, 1.165) is 10.2 Å². The number of benzene rings is 1. The second-order valence-corrected chi connectivity index (χ2v) is 3.77. The van der Waals surface area contributed by atoms with Crippen molar-refractivity contribution in [2.45, 2.75) is 0 Å². The van der Waals surface area contributed by atoms with E-state index in [0.29, 0.717) is 0 Å². The van der Waals surface area contributed by atoms with Gasteiger partial charge in [-0.25, -0.2) is 0 Å². The summed E-state index contributed by atoms with van der Waals surface area (Å²) in [6.45, 7) is 0. The minimum absolute atomic E-state index is 1.09. The van der Waals surface area contributed by atoms with Gasteiger partial charge in [0.25, 0.3) is 0 Å². The molecule has 0 fully saturated rings. The molecular weight excluding hydrogens is 228 g/mol. The van der Waals surface area contributed by atoms with Gasteiger partial charge < -0.3 is 0 Å². The van der Waals surface area contributed by atoms with Gasteiger partial charge in [0.05, 0.1) is 5.69 Å². The molecule has 0 aliphatic carbocycles. The van der Waals surface area contributed by atoms with Crippen molar-refractivity contribution < 1.29 is 0 Å². The normalized spacial score (nSPS) is 10.3. The lowest BCUT2D eigenvalue weighted by Crippen LogP contribution is -1.92. The van der Waals surface area contributed by atoms with Gasteiger partial charge in [-0.05, 0) is 18.2 Å². The first-order valence-electron chi connectivity index (χ1n) is 4.01. The Morgan fingerprint density at radius 3 is 2.77 bits per heavy atom. The molecule has 13 heavy (non-hydrogen) atoms. The fourth-order valence-corrected chi connectivity index (χ4v) is 1.70. The Balaban J connectivity index is 2.53. The highest BCUT2D eigenvalue weighted by molar-refractivity contribution is 9.10. The second kappa shape index (κ2) is 3.34. The minimum atomic E-state index is 1.09. The average Bonchev–Trinajstić information content (AvgIpc) is 2.51. The molecule has 2 aromatic rings. The molecule has 66 valence electrons. The van der Waals surface area contributed by atoms with Gasteiger partial charge in [-0.3, -0.25) is 4.68 Å². The SMILES string of the molecule is Cn1nccc1-c1cccc(Br)c1. The lowest BCUT2D eigenvalue weighted by atomic mass is 10.1. The summed E-state index contributed by atoms with van der Waals surface area (Å²) in [4.78, 5) is 0. The number of rotatable bonds is 1. The summed E-state index contributed by atoms with van der Waals surface area (Å²) in [7, 11) is 1.94. The van der Waals surface area contributed by atoms with E-state index in [-0.39, 0.29) is 0 Å². The smallest absolute Gasteiger partial charge is 0.0679 e. The van der Waals surface area contributed by atoms with Crippen molar-refractivity contribution in [1.82, 2.24) is 9.78 Å².